The first-order valence-corrected chi connectivity index (χ1v) is 8.84. The van der Waals surface area contributed by atoms with Crippen molar-refractivity contribution in [3.05, 3.63) is 53.3 Å². The van der Waals surface area contributed by atoms with Gasteiger partial charge < -0.3 is 11.1 Å². The summed E-state index contributed by atoms with van der Waals surface area (Å²) < 4.78 is 1.98. The predicted octanol–water partition coefficient (Wildman–Crippen LogP) is 1.69. The van der Waals surface area contributed by atoms with Gasteiger partial charge in [0.1, 0.15) is 0 Å². The van der Waals surface area contributed by atoms with Crippen molar-refractivity contribution in [2.45, 2.75) is 25.4 Å². The number of aryl methyl sites for hydroxylation is 1. The van der Waals surface area contributed by atoms with Gasteiger partial charge in [0.15, 0.2) is 0 Å². The van der Waals surface area contributed by atoms with Crippen molar-refractivity contribution < 1.29 is 4.79 Å². The Labute approximate surface area is 149 Å². The van der Waals surface area contributed by atoms with Crippen molar-refractivity contribution in [3.63, 3.8) is 0 Å². The number of nitrogens with zero attached hydrogens (tertiary/aromatic N) is 3. The number of piperidine rings is 1. The summed E-state index contributed by atoms with van der Waals surface area (Å²) >= 11 is 0. The van der Waals surface area contributed by atoms with E-state index in [2.05, 4.69) is 28.4 Å². The highest BCUT2D eigenvalue weighted by Gasteiger charge is 2.31. The van der Waals surface area contributed by atoms with E-state index in [1.807, 2.05) is 36.1 Å². The Balaban J connectivity index is 1.64. The van der Waals surface area contributed by atoms with Crippen molar-refractivity contribution in [2.75, 3.05) is 20.1 Å². The molecule has 3 rings (SSSR count). The van der Waals surface area contributed by atoms with Crippen molar-refractivity contribution >= 4 is 5.91 Å². The van der Waals surface area contributed by atoms with E-state index in [-0.39, 0.29) is 5.91 Å². The minimum Gasteiger partial charge on any atom is -0.366 e. The summed E-state index contributed by atoms with van der Waals surface area (Å²) in [6, 6.07) is 10.0. The van der Waals surface area contributed by atoms with Gasteiger partial charge in [0.2, 0.25) is 5.91 Å². The standard InChI is InChI=1S/C19H27N5O/c1-23-10-4-7-16(18(23)17-8-9-22-24(17)2)13-21-12-14-5-3-6-15(11-14)19(20)25/h3,5-6,8-9,11,16,18,21H,4,7,10,12-13H2,1-2H3,(H2,20,25)/t16-,18+/m0/s1. The third-order valence-electron chi connectivity index (χ3n) is 5.12. The number of likely N-dealkylation sites (tertiary alicyclic amines) is 1. The quantitative estimate of drug-likeness (QED) is 0.838. The number of carbonyl (C=O) groups is 1. The normalized spacial score (nSPS) is 21.4. The van der Waals surface area contributed by atoms with Gasteiger partial charge in [-0.05, 0) is 56.1 Å². The molecule has 1 aromatic heterocycles. The minimum atomic E-state index is -0.382. The summed E-state index contributed by atoms with van der Waals surface area (Å²) in [5.41, 5.74) is 8.27. The summed E-state index contributed by atoms with van der Waals surface area (Å²) in [6.45, 7) is 2.79. The second kappa shape index (κ2) is 7.80. The van der Waals surface area contributed by atoms with Crippen LogP contribution in [0.15, 0.2) is 36.5 Å². The van der Waals surface area contributed by atoms with E-state index in [1.165, 1.54) is 18.5 Å². The molecular formula is C19H27N5O. The molecule has 1 aliphatic rings. The lowest BCUT2D eigenvalue weighted by molar-refractivity contribution is 0.1000. The maximum Gasteiger partial charge on any atom is 0.248 e. The Morgan fingerprint density at radius 3 is 2.92 bits per heavy atom. The molecule has 2 atom stereocenters. The Kier molecular flexibility index (Phi) is 5.50. The van der Waals surface area contributed by atoms with Gasteiger partial charge in [0, 0.05) is 31.9 Å². The van der Waals surface area contributed by atoms with Crippen LogP contribution in [0.1, 0.15) is 40.5 Å². The molecule has 2 heterocycles. The van der Waals surface area contributed by atoms with Crippen LogP contribution < -0.4 is 11.1 Å². The molecule has 0 bridgehead atoms. The zero-order valence-corrected chi connectivity index (χ0v) is 15.0. The van der Waals surface area contributed by atoms with Gasteiger partial charge in [-0.15, -0.1) is 0 Å². The third kappa shape index (κ3) is 4.08. The van der Waals surface area contributed by atoms with Crippen LogP contribution in [-0.4, -0.2) is 40.7 Å². The molecule has 3 N–H and O–H groups in total. The van der Waals surface area contributed by atoms with Crippen LogP contribution in [0.25, 0.3) is 0 Å². The number of rotatable bonds is 6. The maximum atomic E-state index is 11.3. The van der Waals surface area contributed by atoms with E-state index in [4.69, 9.17) is 5.73 Å². The predicted molar refractivity (Wildman–Crippen MR) is 98.0 cm³/mol. The monoisotopic (exact) mass is 341 g/mol. The molecule has 2 aromatic rings. The Hall–Kier alpha value is -2.18. The lowest BCUT2D eigenvalue weighted by Crippen LogP contribution is -2.41. The molecule has 1 fully saturated rings. The average Bonchev–Trinajstić information content (AvgIpc) is 3.01. The van der Waals surface area contributed by atoms with E-state index >= 15 is 0 Å². The molecule has 134 valence electrons. The van der Waals surface area contributed by atoms with Gasteiger partial charge in [0.25, 0.3) is 0 Å². The maximum absolute atomic E-state index is 11.3. The second-order valence-electron chi connectivity index (χ2n) is 6.90. The lowest BCUT2D eigenvalue weighted by Gasteiger charge is -2.39. The highest BCUT2D eigenvalue weighted by Crippen LogP contribution is 2.34. The number of hydrogen-bond acceptors (Lipinski definition) is 4. The topological polar surface area (TPSA) is 76.2 Å². The molecule has 6 heteroatoms. The molecule has 6 nitrogen and oxygen atoms in total. The van der Waals surface area contributed by atoms with Crippen molar-refractivity contribution in [2.24, 2.45) is 18.7 Å². The minimum absolute atomic E-state index is 0.380. The van der Waals surface area contributed by atoms with Gasteiger partial charge in [-0.1, -0.05) is 12.1 Å². The molecule has 1 aliphatic heterocycles. The van der Waals surface area contributed by atoms with Crippen LogP contribution in [0.5, 0.6) is 0 Å². The van der Waals surface area contributed by atoms with Gasteiger partial charge in [-0.25, -0.2) is 0 Å². The van der Waals surface area contributed by atoms with Crippen molar-refractivity contribution in [3.8, 4) is 0 Å². The zero-order valence-electron chi connectivity index (χ0n) is 15.0. The van der Waals surface area contributed by atoms with E-state index in [0.717, 1.165) is 25.2 Å². The SMILES string of the molecule is CN1CCC[C@@H](CNCc2cccc(C(N)=O)c2)[C@@H]1c1ccnn1C. The Morgan fingerprint density at radius 1 is 1.36 bits per heavy atom. The van der Waals surface area contributed by atoms with Crippen LogP contribution in [0.3, 0.4) is 0 Å². The molecule has 0 unspecified atom stereocenters. The van der Waals surface area contributed by atoms with Crippen molar-refractivity contribution in [1.29, 1.82) is 0 Å². The van der Waals surface area contributed by atoms with E-state index in [9.17, 15) is 4.79 Å². The second-order valence-corrected chi connectivity index (χ2v) is 6.90. The van der Waals surface area contributed by atoms with E-state index in [0.29, 0.717) is 17.5 Å². The molecule has 1 saturated heterocycles. The fourth-order valence-electron chi connectivity index (χ4n) is 3.85. The van der Waals surface area contributed by atoms with Crippen LogP contribution in [-0.2, 0) is 13.6 Å². The Morgan fingerprint density at radius 2 is 2.20 bits per heavy atom. The summed E-state index contributed by atoms with van der Waals surface area (Å²) in [7, 11) is 4.21. The van der Waals surface area contributed by atoms with Gasteiger partial charge in [-0.2, -0.15) is 5.10 Å². The number of nitrogens with two attached hydrogens (primary N) is 1. The molecule has 25 heavy (non-hydrogen) atoms. The van der Waals surface area contributed by atoms with Crippen molar-refractivity contribution in [1.82, 2.24) is 20.0 Å². The Bertz CT molecular complexity index is 726. The number of carbonyl (C=O) groups excluding carboxylic acids is 1. The van der Waals surface area contributed by atoms with Crippen LogP contribution >= 0.6 is 0 Å². The van der Waals surface area contributed by atoms with Crippen LogP contribution in [0.2, 0.25) is 0 Å². The number of hydrogen-bond donors (Lipinski definition) is 2. The molecule has 1 amide bonds. The van der Waals surface area contributed by atoms with Gasteiger partial charge in [-0.3, -0.25) is 14.4 Å². The fraction of sp³-hybridized carbons (Fsp3) is 0.474. The van der Waals surface area contributed by atoms with Crippen LogP contribution in [0.4, 0.5) is 0 Å². The first kappa shape index (κ1) is 17.6. The first-order valence-electron chi connectivity index (χ1n) is 8.84. The highest BCUT2D eigenvalue weighted by molar-refractivity contribution is 5.92. The number of amides is 1. The summed E-state index contributed by atoms with van der Waals surface area (Å²) in [6.07, 6.45) is 4.29. The summed E-state index contributed by atoms with van der Waals surface area (Å²) in [4.78, 5) is 13.7. The molecular weight excluding hydrogens is 314 g/mol. The molecule has 1 aromatic carbocycles. The number of benzene rings is 1. The molecule has 0 saturated carbocycles. The van der Waals surface area contributed by atoms with E-state index in [1.54, 1.807) is 6.07 Å². The smallest absolute Gasteiger partial charge is 0.248 e. The van der Waals surface area contributed by atoms with Crippen LogP contribution in [0, 0.1) is 5.92 Å². The van der Waals surface area contributed by atoms with E-state index < -0.39 is 0 Å². The fourth-order valence-corrected chi connectivity index (χ4v) is 3.85. The largest absolute Gasteiger partial charge is 0.366 e. The summed E-state index contributed by atoms with van der Waals surface area (Å²) in [5, 5.41) is 7.90. The average molecular weight is 341 g/mol. The number of aromatic nitrogens is 2. The lowest BCUT2D eigenvalue weighted by atomic mass is 9.87. The molecule has 0 aliphatic carbocycles. The first-order chi connectivity index (χ1) is 12.1. The molecule has 0 radical (unpaired) electrons. The third-order valence-corrected chi connectivity index (χ3v) is 5.12. The number of primary amides is 1. The highest BCUT2D eigenvalue weighted by atomic mass is 16.1. The molecule has 0 spiro atoms. The summed E-state index contributed by atoms with van der Waals surface area (Å²) in [5.74, 6) is 0.153. The zero-order chi connectivity index (χ0) is 17.8. The van der Waals surface area contributed by atoms with Gasteiger partial charge >= 0.3 is 0 Å². The number of nitrogens with one attached hydrogen (secondary N) is 1. The van der Waals surface area contributed by atoms with Gasteiger partial charge in [0.05, 0.1) is 11.7 Å².